The average molecular weight is 399 g/mol. The zero-order valence-electron chi connectivity index (χ0n) is 16.6. The number of hydrogen-bond acceptors (Lipinski definition) is 6. The van der Waals surface area contributed by atoms with E-state index in [4.69, 9.17) is 4.74 Å². The van der Waals surface area contributed by atoms with Crippen molar-refractivity contribution >= 4 is 5.91 Å². The van der Waals surface area contributed by atoms with Crippen molar-refractivity contribution in [1.29, 1.82) is 0 Å². The molecule has 3 heterocycles. The first-order valence-electron chi connectivity index (χ1n) is 10.0. The van der Waals surface area contributed by atoms with Crippen LogP contribution < -0.4 is 16.4 Å². The van der Waals surface area contributed by atoms with E-state index >= 15 is 0 Å². The lowest BCUT2D eigenvalue weighted by Crippen LogP contribution is -2.45. The highest BCUT2D eigenvalue weighted by Gasteiger charge is 2.33. The Morgan fingerprint density at radius 3 is 2.72 bits per heavy atom. The standard InChI is InChI=1S/C20H25N5O4/c1-12(2)24-18(26)8-7-15(23-24)20(28)21-16-10-29-11-17(16)25-19(27)9-13-5-3-4-6-14(13)22-25/h7-9,12,16-17H,3-6,10-11H2,1-2H3,(H,21,28). The van der Waals surface area contributed by atoms with Crippen molar-refractivity contribution in [2.45, 2.75) is 57.7 Å². The highest BCUT2D eigenvalue weighted by atomic mass is 16.5. The zero-order valence-corrected chi connectivity index (χ0v) is 16.6. The van der Waals surface area contributed by atoms with Gasteiger partial charge in [0.1, 0.15) is 11.7 Å². The van der Waals surface area contributed by atoms with Crippen LogP contribution in [-0.4, -0.2) is 44.7 Å². The van der Waals surface area contributed by atoms with Crippen LogP contribution in [-0.2, 0) is 17.6 Å². The summed E-state index contributed by atoms with van der Waals surface area (Å²) in [6.07, 6.45) is 3.89. The van der Waals surface area contributed by atoms with Gasteiger partial charge in [0.05, 0.1) is 31.0 Å². The summed E-state index contributed by atoms with van der Waals surface area (Å²) >= 11 is 0. The van der Waals surface area contributed by atoms with Crippen LogP contribution in [0, 0.1) is 0 Å². The molecule has 1 fully saturated rings. The fraction of sp³-hybridized carbons (Fsp3) is 0.550. The number of amides is 1. The van der Waals surface area contributed by atoms with Crippen molar-refractivity contribution in [2.24, 2.45) is 0 Å². The van der Waals surface area contributed by atoms with Gasteiger partial charge in [-0.05, 0) is 51.2 Å². The summed E-state index contributed by atoms with van der Waals surface area (Å²) < 4.78 is 8.27. The highest BCUT2D eigenvalue weighted by Crippen LogP contribution is 2.21. The second kappa shape index (κ2) is 7.90. The minimum atomic E-state index is -0.411. The van der Waals surface area contributed by atoms with Crippen molar-refractivity contribution in [3.8, 4) is 0 Å². The summed E-state index contributed by atoms with van der Waals surface area (Å²) in [5, 5.41) is 11.6. The molecule has 2 aromatic heterocycles. The first-order valence-corrected chi connectivity index (χ1v) is 10.0. The second-order valence-electron chi connectivity index (χ2n) is 7.89. The Balaban J connectivity index is 1.57. The Morgan fingerprint density at radius 2 is 1.93 bits per heavy atom. The van der Waals surface area contributed by atoms with Gasteiger partial charge in [0.15, 0.2) is 0 Å². The van der Waals surface area contributed by atoms with E-state index in [0.29, 0.717) is 6.61 Å². The fourth-order valence-electron chi connectivity index (χ4n) is 3.90. The highest BCUT2D eigenvalue weighted by molar-refractivity contribution is 5.92. The van der Waals surface area contributed by atoms with Crippen LogP contribution in [0.4, 0.5) is 0 Å². The van der Waals surface area contributed by atoms with E-state index in [9.17, 15) is 14.4 Å². The third-order valence-corrected chi connectivity index (χ3v) is 5.46. The Labute approximate surface area is 167 Å². The molecule has 1 N–H and O–H groups in total. The van der Waals surface area contributed by atoms with E-state index in [-0.39, 0.29) is 35.5 Å². The largest absolute Gasteiger partial charge is 0.377 e. The summed E-state index contributed by atoms with van der Waals surface area (Å²) in [4.78, 5) is 37.2. The number of fused-ring (bicyclic) bond motifs is 1. The molecule has 0 radical (unpaired) electrons. The predicted molar refractivity (Wildman–Crippen MR) is 105 cm³/mol. The molecule has 9 nitrogen and oxygen atoms in total. The molecular formula is C20H25N5O4. The molecule has 0 aromatic carbocycles. The van der Waals surface area contributed by atoms with Crippen LogP contribution in [0.15, 0.2) is 27.8 Å². The first kappa shape index (κ1) is 19.5. The Bertz CT molecular complexity index is 1040. The molecule has 0 spiro atoms. The van der Waals surface area contributed by atoms with Crippen LogP contribution in [0.3, 0.4) is 0 Å². The Morgan fingerprint density at radius 1 is 1.14 bits per heavy atom. The van der Waals surface area contributed by atoms with Gasteiger partial charge < -0.3 is 10.1 Å². The fourth-order valence-corrected chi connectivity index (χ4v) is 3.90. The number of ether oxygens (including phenoxy) is 1. The van der Waals surface area contributed by atoms with Crippen LogP contribution >= 0.6 is 0 Å². The van der Waals surface area contributed by atoms with E-state index in [0.717, 1.165) is 36.9 Å². The molecule has 2 aromatic rings. The van der Waals surface area contributed by atoms with Crippen molar-refractivity contribution in [3.63, 3.8) is 0 Å². The molecule has 29 heavy (non-hydrogen) atoms. The summed E-state index contributed by atoms with van der Waals surface area (Å²) in [6.45, 7) is 4.23. The van der Waals surface area contributed by atoms with Gasteiger partial charge in [-0.1, -0.05) is 0 Å². The molecule has 1 amide bonds. The molecule has 0 bridgehead atoms. The molecule has 1 aliphatic heterocycles. The van der Waals surface area contributed by atoms with Crippen LogP contribution in [0.25, 0.3) is 0 Å². The first-order chi connectivity index (χ1) is 13.9. The number of aromatic nitrogens is 4. The van der Waals surface area contributed by atoms with E-state index < -0.39 is 11.9 Å². The molecule has 2 aliphatic rings. The van der Waals surface area contributed by atoms with Crippen LogP contribution in [0.2, 0.25) is 0 Å². The van der Waals surface area contributed by atoms with Crippen LogP contribution in [0.1, 0.15) is 60.5 Å². The number of aryl methyl sites for hydroxylation is 2. The molecule has 9 heteroatoms. The van der Waals surface area contributed by atoms with Gasteiger partial charge in [-0.25, -0.2) is 9.36 Å². The van der Waals surface area contributed by atoms with Gasteiger partial charge in [0, 0.05) is 12.1 Å². The molecular weight excluding hydrogens is 374 g/mol. The lowest BCUT2D eigenvalue weighted by molar-refractivity contribution is 0.0916. The Hall–Kier alpha value is -2.81. The van der Waals surface area contributed by atoms with Gasteiger partial charge >= 0.3 is 0 Å². The van der Waals surface area contributed by atoms with Gasteiger partial charge in [-0.15, -0.1) is 0 Å². The number of carbonyl (C=O) groups excluding carboxylic acids is 1. The van der Waals surface area contributed by atoms with Crippen LogP contribution in [0.5, 0.6) is 0 Å². The monoisotopic (exact) mass is 399 g/mol. The maximum Gasteiger partial charge on any atom is 0.272 e. The number of rotatable bonds is 4. The molecule has 0 saturated carbocycles. The van der Waals surface area contributed by atoms with Crippen molar-refractivity contribution in [1.82, 2.24) is 24.9 Å². The van der Waals surface area contributed by atoms with E-state index in [1.165, 1.54) is 21.5 Å². The molecule has 2 atom stereocenters. The van der Waals surface area contributed by atoms with Crippen molar-refractivity contribution < 1.29 is 9.53 Å². The normalized spacial score (nSPS) is 21.2. The minimum Gasteiger partial charge on any atom is -0.377 e. The number of hydrogen-bond donors (Lipinski definition) is 1. The van der Waals surface area contributed by atoms with E-state index in [1.54, 1.807) is 6.07 Å². The summed E-state index contributed by atoms with van der Waals surface area (Å²) in [6, 6.07) is 3.46. The van der Waals surface area contributed by atoms with Gasteiger partial charge in [0.2, 0.25) is 0 Å². The number of carbonyl (C=O) groups is 1. The van der Waals surface area contributed by atoms with Crippen molar-refractivity contribution in [2.75, 3.05) is 13.2 Å². The van der Waals surface area contributed by atoms with E-state index in [1.807, 2.05) is 13.8 Å². The van der Waals surface area contributed by atoms with Gasteiger partial charge in [-0.2, -0.15) is 10.2 Å². The van der Waals surface area contributed by atoms with Gasteiger partial charge in [0.25, 0.3) is 17.0 Å². The topological polar surface area (TPSA) is 108 Å². The van der Waals surface area contributed by atoms with E-state index in [2.05, 4.69) is 15.5 Å². The molecule has 4 rings (SSSR count). The molecule has 1 saturated heterocycles. The Kier molecular flexibility index (Phi) is 5.31. The third-order valence-electron chi connectivity index (χ3n) is 5.46. The quantitative estimate of drug-likeness (QED) is 0.808. The average Bonchev–Trinajstić information content (AvgIpc) is 3.15. The smallest absolute Gasteiger partial charge is 0.272 e. The zero-order chi connectivity index (χ0) is 20.5. The molecule has 1 aliphatic carbocycles. The number of nitrogens with one attached hydrogen (secondary N) is 1. The lowest BCUT2D eigenvalue weighted by Gasteiger charge is -2.23. The molecule has 154 valence electrons. The SMILES string of the molecule is CC(C)n1nc(C(=O)NC2COCC2n2nc3c(cc2=O)CCCC3)ccc1=O. The number of nitrogens with zero attached hydrogens (tertiary/aromatic N) is 4. The third kappa shape index (κ3) is 3.87. The summed E-state index contributed by atoms with van der Waals surface area (Å²) in [7, 11) is 0. The second-order valence-corrected chi connectivity index (χ2v) is 7.89. The van der Waals surface area contributed by atoms with Gasteiger partial charge in [-0.3, -0.25) is 14.4 Å². The summed E-state index contributed by atoms with van der Waals surface area (Å²) in [5.74, 6) is -0.411. The maximum atomic E-state index is 12.7. The predicted octanol–water partition coefficient (Wildman–Crippen LogP) is 0.630. The summed E-state index contributed by atoms with van der Waals surface area (Å²) in [5.41, 5.74) is 1.70. The minimum absolute atomic E-state index is 0.148. The molecule has 2 unspecified atom stereocenters. The lowest BCUT2D eigenvalue weighted by atomic mass is 9.97. The van der Waals surface area contributed by atoms with Crippen molar-refractivity contribution in [3.05, 3.63) is 55.9 Å². The maximum absolute atomic E-state index is 12.7.